The van der Waals surface area contributed by atoms with E-state index in [4.69, 9.17) is 9.47 Å². The summed E-state index contributed by atoms with van der Waals surface area (Å²) >= 11 is 3.36. The van der Waals surface area contributed by atoms with Crippen molar-refractivity contribution in [3.8, 4) is 5.75 Å². The van der Waals surface area contributed by atoms with Gasteiger partial charge in [0.05, 0.1) is 41.1 Å². The molecule has 3 rings (SSSR count). The van der Waals surface area contributed by atoms with E-state index < -0.39 is 4.92 Å². The van der Waals surface area contributed by atoms with Crippen LogP contribution in [0.25, 0.3) is 0 Å². The molecule has 0 saturated carbocycles. The van der Waals surface area contributed by atoms with Crippen molar-refractivity contribution in [2.45, 2.75) is 0 Å². The van der Waals surface area contributed by atoms with Crippen molar-refractivity contribution in [2.75, 3.05) is 43.6 Å². The molecule has 0 aliphatic carbocycles. The number of ether oxygens (including phenoxy) is 2. The number of nitrogens with zero attached hydrogens (tertiary/aromatic N) is 2. The minimum Gasteiger partial charge on any atom is -0.496 e. The summed E-state index contributed by atoms with van der Waals surface area (Å²) in [4.78, 5) is 25.3. The lowest BCUT2D eigenvalue weighted by atomic mass is 10.1. The smallest absolute Gasteiger partial charge is 0.271 e. The summed E-state index contributed by atoms with van der Waals surface area (Å²) in [7, 11) is 1.55. The molecule has 2 aromatic rings. The van der Waals surface area contributed by atoms with Gasteiger partial charge in [-0.05, 0) is 40.2 Å². The van der Waals surface area contributed by atoms with Gasteiger partial charge in [0.15, 0.2) is 0 Å². The van der Waals surface area contributed by atoms with E-state index in [0.29, 0.717) is 53.5 Å². The number of hydrogen-bond acceptors (Lipinski definition) is 6. The zero-order chi connectivity index (χ0) is 19.4. The second-order valence-electron chi connectivity index (χ2n) is 5.86. The number of non-ortho nitro benzene ring substituents is 1. The number of nitro groups is 1. The fourth-order valence-corrected chi connectivity index (χ4v) is 3.35. The van der Waals surface area contributed by atoms with E-state index in [9.17, 15) is 14.9 Å². The summed E-state index contributed by atoms with van der Waals surface area (Å²) in [5, 5.41) is 14.0. The maximum atomic E-state index is 12.7. The molecular formula is C18H18BrN3O5. The highest BCUT2D eigenvalue weighted by atomic mass is 79.9. The van der Waals surface area contributed by atoms with Crippen molar-refractivity contribution < 1.29 is 19.2 Å². The largest absolute Gasteiger partial charge is 0.496 e. The van der Waals surface area contributed by atoms with Crippen molar-refractivity contribution >= 4 is 38.9 Å². The first-order chi connectivity index (χ1) is 13.0. The van der Waals surface area contributed by atoms with E-state index in [2.05, 4.69) is 21.2 Å². The molecule has 0 bridgehead atoms. The minimum absolute atomic E-state index is 0.0262. The lowest BCUT2D eigenvalue weighted by Crippen LogP contribution is -2.36. The van der Waals surface area contributed by atoms with Gasteiger partial charge in [-0.15, -0.1) is 0 Å². The first-order valence-corrected chi connectivity index (χ1v) is 9.05. The summed E-state index contributed by atoms with van der Waals surface area (Å²) in [5.74, 6) is 0.303. The number of benzene rings is 2. The number of nitro benzene ring substituents is 1. The molecule has 1 heterocycles. The summed E-state index contributed by atoms with van der Waals surface area (Å²) in [6.07, 6.45) is 0. The molecule has 142 valence electrons. The number of rotatable bonds is 5. The first-order valence-electron chi connectivity index (χ1n) is 8.25. The predicted molar refractivity (Wildman–Crippen MR) is 105 cm³/mol. The highest BCUT2D eigenvalue weighted by molar-refractivity contribution is 9.10. The number of hydrogen-bond donors (Lipinski definition) is 1. The van der Waals surface area contributed by atoms with Crippen LogP contribution in [0, 0.1) is 10.1 Å². The van der Waals surface area contributed by atoms with Crippen LogP contribution in [-0.2, 0) is 4.74 Å². The third-order valence-corrected chi connectivity index (χ3v) is 4.83. The zero-order valence-corrected chi connectivity index (χ0v) is 16.2. The van der Waals surface area contributed by atoms with Crippen molar-refractivity contribution in [3.63, 3.8) is 0 Å². The van der Waals surface area contributed by atoms with Gasteiger partial charge in [-0.25, -0.2) is 0 Å². The Balaban J connectivity index is 1.89. The van der Waals surface area contributed by atoms with Gasteiger partial charge in [0.2, 0.25) is 0 Å². The third-order valence-electron chi connectivity index (χ3n) is 4.21. The van der Waals surface area contributed by atoms with Gasteiger partial charge >= 0.3 is 0 Å². The molecule has 2 aromatic carbocycles. The number of nitrogens with one attached hydrogen (secondary N) is 1. The van der Waals surface area contributed by atoms with E-state index in [0.717, 1.165) is 0 Å². The normalized spacial score (nSPS) is 13.9. The average molecular weight is 436 g/mol. The van der Waals surface area contributed by atoms with Crippen LogP contribution in [-0.4, -0.2) is 44.2 Å². The van der Waals surface area contributed by atoms with Gasteiger partial charge in [0.1, 0.15) is 5.75 Å². The van der Waals surface area contributed by atoms with E-state index in [1.807, 2.05) is 4.90 Å². The van der Waals surface area contributed by atoms with Crippen molar-refractivity contribution in [3.05, 3.63) is 56.5 Å². The van der Waals surface area contributed by atoms with E-state index in [1.165, 1.54) is 12.1 Å². The lowest BCUT2D eigenvalue weighted by Gasteiger charge is -2.30. The molecule has 1 N–H and O–H groups in total. The molecule has 0 aromatic heterocycles. The summed E-state index contributed by atoms with van der Waals surface area (Å²) in [5.41, 5.74) is 1.53. The van der Waals surface area contributed by atoms with Crippen LogP contribution >= 0.6 is 15.9 Å². The summed E-state index contributed by atoms with van der Waals surface area (Å²) in [6, 6.07) is 9.41. The standard InChI is InChI=1S/C18H18BrN3O5/c1-26-17-5-2-12(10-14(17)19)18(23)20-15-4-3-13(22(24)25)11-16(15)21-6-8-27-9-7-21/h2-5,10-11H,6-9H2,1H3,(H,20,23). The van der Waals surface area contributed by atoms with Gasteiger partial charge < -0.3 is 19.7 Å². The molecule has 0 radical (unpaired) electrons. The van der Waals surface area contributed by atoms with E-state index in [-0.39, 0.29) is 11.6 Å². The molecule has 8 nitrogen and oxygen atoms in total. The Hall–Kier alpha value is -2.65. The zero-order valence-electron chi connectivity index (χ0n) is 14.6. The first kappa shape index (κ1) is 19.1. The Morgan fingerprint density at radius 2 is 2.00 bits per heavy atom. The molecule has 1 aliphatic heterocycles. The van der Waals surface area contributed by atoms with Crippen LogP contribution in [0.2, 0.25) is 0 Å². The lowest BCUT2D eigenvalue weighted by molar-refractivity contribution is -0.384. The fraction of sp³-hybridized carbons (Fsp3) is 0.278. The molecular weight excluding hydrogens is 418 g/mol. The number of amides is 1. The van der Waals surface area contributed by atoms with Crippen LogP contribution in [0.15, 0.2) is 40.9 Å². The molecule has 0 spiro atoms. The van der Waals surface area contributed by atoms with Crippen LogP contribution < -0.4 is 15.0 Å². The maximum absolute atomic E-state index is 12.7. The Bertz CT molecular complexity index is 868. The Morgan fingerprint density at radius 3 is 2.63 bits per heavy atom. The summed E-state index contributed by atoms with van der Waals surface area (Å²) in [6.45, 7) is 2.25. The van der Waals surface area contributed by atoms with Gasteiger partial charge in [-0.3, -0.25) is 14.9 Å². The molecule has 1 aliphatic rings. The number of methoxy groups -OCH3 is 1. The highest BCUT2D eigenvalue weighted by Crippen LogP contribution is 2.32. The van der Waals surface area contributed by atoms with E-state index >= 15 is 0 Å². The van der Waals surface area contributed by atoms with Crippen LogP contribution in [0.4, 0.5) is 17.1 Å². The molecule has 1 saturated heterocycles. The van der Waals surface area contributed by atoms with Crippen LogP contribution in [0.1, 0.15) is 10.4 Å². The number of anilines is 2. The SMILES string of the molecule is COc1ccc(C(=O)Nc2ccc([N+](=O)[O-])cc2N2CCOCC2)cc1Br. The monoisotopic (exact) mass is 435 g/mol. The maximum Gasteiger partial charge on any atom is 0.271 e. The topological polar surface area (TPSA) is 93.9 Å². The van der Waals surface area contributed by atoms with E-state index in [1.54, 1.807) is 31.4 Å². The predicted octanol–water partition coefficient (Wildman–Crippen LogP) is 3.45. The molecule has 9 heteroatoms. The fourth-order valence-electron chi connectivity index (χ4n) is 2.81. The second kappa shape index (κ2) is 8.36. The number of carbonyl (C=O) groups excluding carboxylic acids is 1. The number of halogens is 1. The second-order valence-corrected chi connectivity index (χ2v) is 6.72. The summed E-state index contributed by atoms with van der Waals surface area (Å²) < 4.78 is 11.2. The minimum atomic E-state index is -0.448. The molecule has 1 fully saturated rings. The Labute approximate surface area is 164 Å². The quantitative estimate of drug-likeness (QED) is 0.570. The van der Waals surface area contributed by atoms with Gasteiger partial charge in [-0.1, -0.05) is 0 Å². The highest BCUT2D eigenvalue weighted by Gasteiger charge is 2.20. The van der Waals surface area contributed by atoms with Gasteiger partial charge in [-0.2, -0.15) is 0 Å². The number of morpholine rings is 1. The molecule has 0 atom stereocenters. The Kier molecular flexibility index (Phi) is 5.92. The molecule has 1 amide bonds. The van der Waals surface area contributed by atoms with Gasteiger partial charge in [0, 0.05) is 30.8 Å². The van der Waals surface area contributed by atoms with Crippen LogP contribution in [0.5, 0.6) is 5.75 Å². The molecule has 0 unspecified atom stereocenters. The van der Waals surface area contributed by atoms with Crippen LogP contribution in [0.3, 0.4) is 0 Å². The van der Waals surface area contributed by atoms with Crippen molar-refractivity contribution in [1.29, 1.82) is 0 Å². The third kappa shape index (κ3) is 4.37. The number of carbonyl (C=O) groups is 1. The molecule has 27 heavy (non-hydrogen) atoms. The Morgan fingerprint density at radius 1 is 1.26 bits per heavy atom. The average Bonchev–Trinajstić information content (AvgIpc) is 2.68. The van der Waals surface area contributed by atoms with Crippen molar-refractivity contribution in [2.24, 2.45) is 0 Å². The van der Waals surface area contributed by atoms with Gasteiger partial charge in [0.25, 0.3) is 11.6 Å². The van der Waals surface area contributed by atoms with Crippen molar-refractivity contribution in [1.82, 2.24) is 0 Å².